The maximum atomic E-state index is 11.9. The van der Waals surface area contributed by atoms with Crippen molar-refractivity contribution in [1.82, 2.24) is 5.32 Å². The molecule has 0 aliphatic rings. The van der Waals surface area contributed by atoms with E-state index >= 15 is 0 Å². The lowest BCUT2D eigenvalue weighted by Crippen LogP contribution is -2.55. The first kappa shape index (κ1) is 13.0. The average molecular weight is 235 g/mol. The van der Waals surface area contributed by atoms with Gasteiger partial charge in [0, 0.05) is 5.56 Å². The number of rotatable bonds is 4. The number of oxime groups is 1. The van der Waals surface area contributed by atoms with E-state index in [-0.39, 0.29) is 11.7 Å². The van der Waals surface area contributed by atoms with Crippen LogP contribution in [0.3, 0.4) is 0 Å². The molecule has 0 spiro atoms. The molecule has 0 radical (unpaired) electrons. The van der Waals surface area contributed by atoms with Crippen molar-refractivity contribution in [3.05, 3.63) is 35.9 Å². The van der Waals surface area contributed by atoms with Gasteiger partial charge in [-0.15, -0.1) is 0 Å². The van der Waals surface area contributed by atoms with E-state index in [0.29, 0.717) is 12.0 Å². The Balaban J connectivity index is 2.87. The fourth-order valence-electron chi connectivity index (χ4n) is 1.36. The Bertz CT molecular complexity index is 417. The van der Waals surface area contributed by atoms with Crippen LogP contribution >= 0.6 is 0 Å². The lowest BCUT2D eigenvalue weighted by Gasteiger charge is -2.27. The van der Waals surface area contributed by atoms with E-state index < -0.39 is 5.54 Å². The van der Waals surface area contributed by atoms with Crippen molar-refractivity contribution in [1.29, 1.82) is 0 Å². The molecule has 4 N–H and O–H groups in total. The average Bonchev–Trinajstić information content (AvgIpc) is 2.38. The number of nitrogens with zero attached hydrogens (tertiary/aromatic N) is 1. The fraction of sp³-hybridized carbons (Fsp3) is 0.333. The Morgan fingerprint density at radius 2 is 2.06 bits per heavy atom. The van der Waals surface area contributed by atoms with E-state index in [0.717, 1.165) is 0 Å². The normalized spacial score (nSPS) is 15.1. The van der Waals surface area contributed by atoms with Crippen LogP contribution in [0.1, 0.15) is 30.6 Å². The molecule has 1 unspecified atom stereocenters. The number of benzene rings is 1. The van der Waals surface area contributed by atoms with Gasteiger partial charge in [-0.25, -0.2) is 0 Å². The first-order valence-electron chi connectivity index (χ1n) is 5.39. The van der Waals surface area contributed by atoms with E-state index in [1.165, 1.54) is 0 Å². The summed E-state index contributed by atoms with van der Waals surface area (Å²) < 4.78 is 0. The van der Waals surface area contributed by atoms with Crippen molar-refractivity contribution in [2.75, 3.05) is 0 Å². The standard InChI is InChI=1S/C12H17N3O2/c1-3-12(2,11(13)15-17)14-10(16)9-7-5-4-6-8-9/h4-8,17H,3H2,1-2H3,(H2,13,15)(H,14,16). The predicted molar refractivity (Wildman–Crippen MR) is 66.0 cm³/mol. The molecule has 0 saturated heterocycles. The fourth-order valence-corrected chi connectivity index (χ4v) is 1.36. The highest BCUT2D eigenvalue weighted by Gasteiger charge is 2.29. The zero-order valence-corrected chi connectivity index (χ0v) is 9.97. The van der Waals surface area contributed by atoms with Crippen molar-refractivity contribution >= 4 is 11.7 Å². The van der Waals surface area contributed by atoms with Crippen molar-refractivity contribution in [3.63, 3.8) is 0 Å². The van der Waals surface area contributed by atoms with Crippen LogP contribution in [0.5, 0.6) is 0 Å². The van der Waals surface area contributed by atoms with Crippen molar-refractivity contribution < 1.29 is 10.0 Å². The summed E-state index contributed by atoms with van der Waals surface area (Å²) in [5, 5.41) is 14.4. The molecule has 0 aliphatic carbocycles. The second-order valence-electron chi connectivity index (χ2n) is 3.99. The van der Waals surface area contributed by atoms with Gasteiger partial charge in [-0.2, -0.15) is 0 Å². The van der Waals surface area contributed by atoms with Crippen molar-refractivity contribution in [2.45, 2.75) is 25.8 Å². The second-order valence-corrected chi connectivity index (χ2v) is 3.99. The van der Waals surface area contributed by atoms with Crippen LogP contribution in [0.2, 0.25) is 0 Å². The highest BCUT2D eigenvalue weighted by Crippen LogP contribution is 2.11. The van der Waals surface area contributed by atoms with E-state index in [1.54, 1.807) is 31.2 Å². The smallest absolute Gasteiger partial charge is 0.252 e. The molecule has 0 saturated carbocycles. The van der Waals surface area contributed by atoms with Gasteiger partial charge < -0.3 is 16.3 Å². The number of carbonyl (C=O) groups is 1. The van der Waals surface area contributed by atoms with Crippen LogP contribution in [0.25, 0.3) is 0 Å². The molecule has 5 heteroatoms. The van der Waals surface area contributed by atoms with Gasteiger partial charge in [0.25, 0.3) is 5.91 Å². The minimum absolute atomic E-state index is 0.00992. The van der Waals surface area contributed by atoms with Gasteiger partial charge in [0.15, 0.2) is 5.84 Å². The lowest BCUT2D eigenvalue weighted by atomic mass is 9.97. The van der Waals surface area contributed by atoms with Crippen molar-refractivity contribution in [2.24, 2.45) is 10.9 Å². The summed E-state index contributed by atoms with van der Waals surface area (Å²) >= 11 is 0. The van der Waals surface area contributed by atoms with Gasteiger partial charge in [-0.1, -0.05) is 30.3 Å². The summed E-state index contributed by atoms with van der Waals surface area (Å²) in [6, 6.07) is 8.80. The van der Waals surface area contributed by atoms with Gasteiger partial charge in [-0.3, -0.25) is 4.79 Å². The van der Waals surface area contributed by atoms with Crippen molar-refractivity contribution in [3.8, 4) is 0 Å². The molecule has 0 aliphatic heterocycles. The predicted octanol–water partition coefficient (Wildman–Crippen LogP) is 1.33. The minimum Gasteiger partial charge on any atom is -0.409 e. The topological polar surface area (TPSA) is 87.7 Å². The van der Waals surface area contributed by atoms with E-state index in [1.807, 2.05) is 13.0 Å². The molecular weight excluding hydrogens is 218 g/mol. The first-order valence-corrected chi connectivity index (χ1v) is 5.39. The maximum Gasteiger partial charge on any atom is 0.252 e. The summed E-state index contributed by atoms with van der Waals surface area (Å²) in [6.45, 7) is 3.56. The summed E-state index contributed by atoms with van der Waals surface area (Å²) in [4.78, 5) is 11.9. The Hall–Kier alpha value is -2.04. The van der Waals surface area contributed by atoms with E-state index in [9.17, 15) is 4.79 Å². The largest absolute Gasteiger partial charge is 0.409 e. The molecule has 0 fully saturated rings. The number of amides is 1. The Morgan fingerprint density at radius 3 is 2.53 bits per heavy atom. The van der Waals surface area contributed by atoms with Crippen LogP contribution in [0, 0.1) is 0 Å². The molecule has 1 aromatic rings. The Labute approximate surface area is 100 Å². The van der Waals surface area contributed by atoms with Gasteiger partial charge in [0.05, 0.1) is 5.54 Å². The minimum atomic E-state index is -0.846. The molecule has 5 nitrogen and oxygen atoms in total. The van der Waals surface area contributed by atoms with E-state index in [4.69, 9.17) is 10.9 Å². The van der Waals surface area contributed by atoms with Crippen LogP contribution in [0.4, 0.5) is 0 Å². The molecule has 0 aromatic heterocycles. The van der Waals surface area contributed by atoms with Gasteiger partial charge in [0.2, 0.25) is 0 Å². The highest BCUT2D eigenvalue weighted by molar-refractivity contribution is 5.99. The third-order valence-corrected chi connectivity index (χ3v) is 2.81. The van der Waals surface area contributed by atoms with Crippen LogP contribution in [-0.4, -0.2) is 22.5 Å². The van der Waals surface area contributed by atoms with Crippen LogP contribution < -0.4 is 11.1 Å². The number of nitrogens with one attached hydrogen (secondary N) is 1. The molecule has 1 atom stereocenters. The molecular formula is C12H17N3O2. The Kier molecular flexibility index (Phi) is 4.09. The molecule has 1 rings (SSSR count). The summed E-state index contributed by atoms with van der Waals surface area (Å²) in [6.07, 6.45) is 0.529. The molecule has 17 heavy (non-hydrogen) atoms. The van der Waals surface area contributed by atoms with Gasteiger partial charge >= 0.3 is 0 Å². The number of hydrogen-bond donors (Lipinski definition) is 3. The monoisotopic (exact) mass is 235 g/mol. The third kappa shape index (κ3) is 2.96. The maximum absolute atomic E-state index is 11.9. The lowest BCUT2D eigenvalue weighted by molar-refractivity contribution is 0.0925. The zero-order valence-electron chi connectivity index (χ0n) is 9.97. The number of hydrogen-bond acceptors (Lipinski definition) is 3. The molecule has 1 aromatic carbocycles. The number of amidine groups is 1. The Morgan fingerprint density at radius 1 is 1.47 bits per heavy atom. The third-order valence-electron chi connectivity index (χ3n) is 2.81. The highest BCUT2D eigenvalue weighted by atomic mass is 16.4. The summed E-state index contributed by atoms with van der Waals surface area (Å²) in [7, 11) is 0. The zero-order chi connectivity index (χ0) is 12.9. The first-order chi connectivity index (χ1) is 8.03. The van der Waals surface area contributed by atoms with Crippen LogP contribution in [0.15, 0.2) is 35.5 Å². The molecule has 0 bridgehead atoms. The number of nitrogens with two attached hydrogens (primary N) is 1. The summed E-state index contributed by atoms with van der Waals surface area (Å²) in [5.74, 6) is -0.258. The summed E-state index contributed by atoms with van der Waals surface area (Å²) in [5.41, 5.74) is 5.27. The number of carbonyl (C=O) groups excluding carboxylic acids is 1. The quantitative estimate of drug-likeness (QED) is 0.318. The molecule has 1 amide bonds. The van der Waals surface area contributed by atoms with Gasteiger partial charge in [-0.05, 0) is 25.5 Å². The molecule has 0 heterocycles. The van der Waals surface area contributed by atoms with E-state index in [2.05, 4.69) is 10.5 Å². The van der Waals surface area contributed by atoms with Crippen LogP contribution in [-0.2, 0) is 0 Å². The second kappa shape index (κ2) is 5.34. The SMILES string of the molecule is CCC(C)(NC(=O)c1ccccc1)/C(N)=N/O. The van der Waals surface area contributed by atoms with Gasteiger partial charge in [0.1, 0.15) is 0 Å². The molecule has 92 valence electrons.